The number of nitro groups is 1. The normalized spacial score (nSPS) is 14.2. The summed E-state index contributed by atoms with van der Waals surface area (Å²) in [6.07, 6.45) is 3.09. The van der Waals surface area contributed by atoms with E-state index in [-0.39, 0.29) is 5.69 Å². The summed E-state index contributed by atoms with van der Waals surface area (Å²) in [4.78, 5) is 15.0. The Morgan fingerprint density at radius 1 is 1.28 bits per heavy atom. The second-order valence-corrected chi connectivity index (χ2v) is 4.31. The highest BCUT2D eigenvalue weighted by Crippen LogP contribution is 2.28. The molecule has 0 amide bonds. The molecule has 0 bridgehead atoms. The summed E-state index contributed by atoms with van der Waals surface area (Å²) in [6.45, 7) is 0.850. The average Bonchev–Trinajstić information content (AvgIpc) is 2.82. The van der Waals surface area contributed by atoms with Crippen LogP contribution < -0.4 is 0 Å². The van der Waals surface area contributed by atoms with Gasteiger partial charge in [-0.15, -0.1) is 0 Å². The van der Waals surface area contributed by atoms with Gasteiger partial charge in [0.05, 0.1) is 10.5 Å². The standard InChI is InChI=1S/C12H12N4O2/c17-16(18)10-6-2-1-5-9(10)12-13-11-7-3-4-8-15(11)14-12/h1-2,5-6H,3-4,7-8H2. The maximum Gasteiger partial charge on any atom is 0.280 e. The van der Waals surface area contributed by atoms with Crippen molar-refractivity contribution in [3.63, 3.8) is 0 Å². The summed E-state index contributed by atoms with van der Waals surface area (Å²) in [5.74, 6) is 1.38. The van der Waals surface area contributed by atoms with Crippen LogP contribution in [0.4, 0.5) is 5.69 Å². The number of nitro benzene ring substituents is 1. The van der Waals surface area contributed by atoms with Crippen molar-refractivity contribution in [2.45, 2.75) is 25.8 Å². The van der Waals surface area contributed by atoms with Gasteiger partial charge in [-0.05, 0) is 18.9 Å². The van der Waals surface area contributed by atoms with E-state index in [0.717, 1.165) is 31.6 Å². The maximum atomic E-state index is 11.0. The van der Waals surface area contributed by atoms with E-state index in [4.69, 9.17) is 0 Å². The molecule has 2 heterocycles. The number of hydrogen-bond donors (Lipinski definition) is 0. The number of benzene rings is 1. The van der Waals surface area contributed by atoms with Crippen molar-refractivity contribution in [1.29, 1.82) is 0 Å². The molecule has 6 nitrogen and oxygen atoms in total. The highest BCUT2D eigenvalue weighted by molar-refractivity contribution is 5.67. The zero-order chi connectivity index (χ0) is 12.5. The molecule has 0 saturated heterocycles. The number of rotatable bonds is 2. The first-order valence-corrected chi connectivity index (χ1v) is 5.93. The minimum absolute atomic E-state index is 0.0560. The van der Waals surface area contributed by atoms with E-state index in [9.17, 15) is 10.1 Å². The SMILES string of the molecule is O=[N+]([O-])c1ccccc1-c1nc2n(n1)CCCC2. The zero-order valence-electron chi connectivity index (χ0n) is 9.74. The van der Waals surface area contributed by atoms with Crippen molar-refractivity contribution in [1.82, 2.24) is 14.8 Å². The summed E-state index contributed by atoms with van der Waals surface area (Å²) in [6, 6.07) is 6.59. The predicted octanol–water partition coefficient (Wildman–Crippen LogP) is 2.19. The van der Waals surface area contributed by atoms with Crippen LogP contribution in [0.25, 0.3) is 11.4 Å². The second kappa shape index (κ2) is 4.21. The van der Waals surface area contributed by atoms with Gasteiger partial charge in [0.15, 0.2) is 5.82 Å². The molecule has 0 fully saturated rings. The Morgan fingerprint density at radius 2 is 2.11 bits per heavy atom. The van der Waals surface area contributed by atoms with Crippen molar-refractivity contribution in [3.05, 3.63) is 40.2 Å². The van der Waals surface area contributed by atoms with Crippen LogP contribution in [0.2, 0.25) is 0 Å². The Labute approximate surface area is 103 Å². The second-order valence-electron chi connectivity index (χ2n) is 4.31. The van der Waals surface area contributed by atoms with Gasteiger partial charge in [0, 0.05) is 19.0 Å². The Kier molecular flexibility index (Phi) is 2.55. The van der Waals surface area contributed by atoms with E-state index in [1.54, 1.807) is 18.2 Å². The van der Waals surface area contributed by atoms with E-state index in [2.05, 4.69) is 10.1 Å². The first-order valence-electron chi connectivity index (χ1n) is 5.93. The molecule has 0 spiro atoms. The van der Waals surface area contributed by atoms with Gasteiger partial charge in [0.1, 0.15) is 5.82 Å². The summed E-state index contributed by atoms with van der Waals surface area (Å²) < 4.78 is 1.86. The molecule has 2 aromatic rings. The van der Waals surface area contributed by atoms with Gasteiger partial charge in [-0.25, -0.2) is 9.67 Å². The Bertz CT molecular complexity index is 582. The van der Waals surface area contributed by atoms with Crippen LogP contribution in [0.1, 0.15) is 18.7 Å². The quantitative estimate of drug-likeness (QED) is 0.599. The molecule has 1 aromatic carbocycles. The molecule has 1 aliphatic heterocycles. The van der Waals surface area contributed by atoms with E-state index in [1.165, 1.54) is 6.07 Å². The molecule has 0 aliphatic carbocycles. The lowest BCUT2D eigenvalue weighted by atomic mass is 10.1. The molecule has 3 rings (SSSR count). The summed E-state index contributed by atoms with van der Waals surface area (Å²) in [5, 5.41) is 15.3. The molecule has 92 valence electrons. The molecule has 6 heteroatoms. The molecular weight excluding hydrogens is 232 g/mol. The van der Waals surface area contributed by atoms with Crippen LogP contribution in [-0.2, 0) is 13.0 Å². The lowest BCUT2D eigenvalue weighted by Gasteiger charge is -2.09. The molecule has 0 N–H and O–H groups in total. The fourth-order valence-electron chi connectivity index (χ4n) is 2.22. The summed E-state index contributed by atoms with van der Waals surface area (Å²) in [5.41, 5.74) is 0.546. The molecule has 0 atom stereocenters. The van der Waals surface area contributed by atoms with Crippen LogP contribution in [0, 0.1) is 10.1 Å². The average molecular weight is 244 g/mol. The Morgan fingerprint density at radius 3 is 2.89 bits per heavy atom. The molecule has 1 aliphatic rings. The summed E-state index contributed by atoms with van der Waals surface area (Å²) >= 11 is 0. The van der Waals surface area contributed by atoms with Gasteiger partial charge in [-0.1, -0.05) is 12.1 Å². The lowest BCUT2D eigenvalue weighted by molar-refractivity contribution is -0.384. The molecule has 0 radical (unpaired) electrons. The third-order valence-electron chi connectivity index (χ3n) is 3.11. The first kappa shape index (κ1) is 10.9. The molecule has 1 aromatic heterocycles. The van der Waals surface area contributed by atoms with E-state index >= 15 is 0 Å². The highest BCUT2D eigenvalue weighted by Gasteiger charge is 2.20. The van der Waals surface area contributed by atoms with Gasteiger partial charge < -0.3 is 0 Å². The molecule has 0 saturated carbocycles. The largest absolute Gasteiger partial charge is 0.280 e. The first-order chi connectivity index (χ1) is 8.75. The van der Waals surface area contributed by atoms with Crippen LogP contribution in [-0.4, -0.2) is 19.7 Å². The van der Waals surface area contributed by atoms with Crippen LogP contribution in [0.5, 0.6) is 0 Å². The zero-order valence-corrected chi connectivity index (χ0v) is 9.74. The fourth-order valence-corrected chi connectivity index (χ4v) is 2.22. The highest BCUT2D eigenvalue weighted by atomic mass is 16.6. The maximum absolute atomic E-state index is 11.0. The smallest absolute Gasteiger partial charge is 0.258 e. The monoisotopic (exact) mass is 244 g/mol. The van der Waals surface area contributed by atoms with Crippen molar-refractivity contribution in [2.24, 2.45) is 0 Å². The molecular formula is C12H12N4O2. The van der Waals surface area contributed by atoms with Crippen molar-refractivity contribution in [3.8, 4) is 11.4 Å². The molecule has 0 unspecified atom stereocenters. The number of hydrogen-bond acceptors (Lipinski definition) is 4. The minimum Gasteiger partial charge on any atom is -0.258 e. The third-order valence-corrected chi connectivity index (χ3v) is 3.11. The number of para-hydroxylation sites is 1. The van der Waals surface area contributed by atoms with Crippen molar-refractivity contribution < 1.29 is 4.92 Å². The van der Waals surface area contributed by atoms with Crippen LogP contribution in [0.15, 0.2) is 24.3 Å². The van der Waals surface area contributed by atoms with Gasteiger partial charge in [-0.2, -0.15) is 5.10 Å². The van der Waals surface area contributed by atoms with Crippen LogP contribution in [0.3, 0.4) is 0 Å². The Balaban J connectivity index is 2.09. The van der Waals surface area contributed by atoms with Gasteiger partial charge >= 0.3 is 0 Å². The van der Waals surface area contributed by atoms with Gasteiger partial charge in [0.25, 0.3) is 5.69 Å². The van der Waals surface area contributed by atoms with Crippen LogP contribution >= 0.6 is 0 Å². The van der Waals surface area contributed by atoms with E-state index < -0.39 is 4.92 Å². The number of nitrogens with zero attached hydrogens (tertiary/aromatic N) is 4. The van der Waals surface area contributed by atoms with Gasteiger partial charge in [-0.3, -0.25) is 10.1 Å². The minimum atomic E-state index is -0.394. The van der Waals surface area contributed by atoms with Crippen molar-refractivity contribution >= 4 is 5.69 Å². The summed E-state index contributed by atoms with van der Waals surface area (Å²) in [7, 11) is 0. The fraction of sp³-hybridized carbons (Fsp3) is 0.333. The Hall–Kier alpha value is -2.24. The van der Waals surface area contributed by atoms with Gasteiger partial charge in [0.2, 0.25) is 0 Å². The number of aryl methyl sites for hydroxylation is 2. The van der Waals surface area contributed by atoms with Crippen molar-refractivity contribution in [2.75, 3.05) is 0 Å². The number of aromatic nitrogens is 3. The topological polar surface area (TPSA) is 73.8 Å². The third kappa shape index (κ3) is 1.75. The lowest BCUT2D eigenvalue weighted by Crippen LogP contribution is -2.11. The molecule has 18 heavy (non-hydrogen) atoms. The van der Waals surface area contributed by atoms with E-state index in [0.29, 0.717) is 11.4 Å². The number of fused-ring (bicyclic) bond motifs is 1. The predicted molar refractivity (Wildman–Crippen MR) is 65.1 cm³/mol. The van der Waals surface area contributed by atoms with E-state index in [1.807, 2.05) is 4.68 Å².